The van der Waals surface area contributed by atoms with Gasteiger partial charge in [-0.1, -0.05) is 0 Å². The number of hydrogen-bond donors (Lipinski definition) is 2. The molecule has 0 spiro atoms. The van der Waals surface area contributed by atoms with Gasteiger partial charge in [-0.3, -0.25) is 19.3 Å². The second-order valence-corrected chi connectivity index (χ2v) is 7.59. The Bertz CT molecular complexity index is 1330. The number of aromatic hydroxyl groups is 1. The predicted octanol–water partition coefficient (Wildman–Crippen LogP) is 3.88. The van der Waals surface area contributed by atoms with Crippen molar-refractivity contribution in [2.45, 2.75) is 6.42 Å². The molecule has 0 bridgehead atoms. The maximum atomic E-state index is 12.6. The molecule has 0 aliphatic heterocycles. The number of amides is 1. The van der Waals surface area contributed by atoms with Gasteiger partial charge in [-0.25, -0.2) is 4.98 Å². The Morgan fingerprint density at radius 3 is 2.78 bits per heavy atom. The zero-order valence-corrected chi connectivity index (χ0v) is 17.9. The van der Waals surface area contributed by atoms with Crippen molar-refractivity contribution >= 4 is 33.6 Å². The van der Waals surface area contributed by atoms with Crippen LogP contribution in [0.4, 0.5) is 11.4 Å². The molecular weight excluding hydrogens is 436 g/mol. The number of aromatic nitrogens is 2. The van der Waals surface area contributed by atoms with Gasteiger partial charge in [-0.2, -0.15) is 0 Å². The highest BCUT2D eigenvalue weighted by Gasteiger charge is 2.17. The molecule has 10 nitrogen and oxygen atoms in total. The molecule has 1 amide bonds. The summed E-state index contributed by atoms with van der Waals surface area (Å²) in [7, 11) is 3.15. The lowest BCUT2D eigenvalue weighted by atomic mass is 10.1. The van der Waals surface area contributed by atoms with Crippen molar-refractivity contribution in [1.29, 1.82) is 0 Å². The van der Waals surface area contributed by atoms with Crippen LogP contribution in [-0.2, 0) is 11.2 Å². The van der Waals surface area contributed by atoms with Gasteiger partial charge in [0.05, 0.1) is 36.9 Å². The number of phenolic OH excluding ortho intramolecular Hbond substituents is 1. The average molecular weight is 454 g/mol. The monoisotopic (exact) mass is 454 g/mol. The zero-order valence-electron chi connectivity index (χ0n) is 17.1. The second-order valence-electron chi connectivity index (χ2n) is 6.76. The van der Waals surface area contributed by atoms with Crippen LogP contribution in [0, 0.1) is 10.1 Å². The summed E-state index contributed by atoms with van der Waals surface area (Å²) >= 11 is 1.37. The van der Waals surface area contributed by atoms with E-state index in [1.165, 1.54) is 17.4 Å². The van der Waals surface area contributed by atoms with Crippen molar-refractivity contribution in [2.24, 2.45) is 0 Å². The molecule has 0 saturated carbocycles. The Labute approximate surface area is 185 Å². The van der Waals surface area contributed by atoms with E-state index in [4.69, 9.17) is 9.47 Å². The Kier molecular flexibility index (Phi) is 5.65. The molecule has 164 valence electrons. The molecule has 4 rings (SSSR count). The first-order valence-electron chi connectivity index (χ1n) is 9.34. The quantitative estimate of drug-likeness (QED) is 0.246. The third-order valence-corrected chi connectivity index (χ3v) is 5.66. The van der Waals surface area contributed by atoms with Gasteiger partial charge in [-0.15, -0.1) is 11.3 Å². The fourth-order valence-electron chi connectivity index (χ4n) is 3.20. The van der Waals surface area contributed by atoms with Crippen molar-refractivity contribution in [3.63, 3.8) is 0 Å². The smallest absolute Gasteiger partial charge is 0.271 e. The number of anilines is 1. The lowest BCUT2D eigenvalue weighted by molar-refractivity contribution is -0.384. The van der Waals surface area contributed by atoms with Crippen LogP contribution in [0.15, 0.2) is 48.0 Å². The van der Waals surface area contributed by atoms with Crippen LogP contribution in [0.2, 0.25) is 0 Å². The molecule has 2 aromatic carbocycles. The maximum absolute atomic E-state index is 12.6. The summed E-state index contributed by atoms with van der Waals surface area (Å²) < 4.78 is 12.5. The minimum atomic E-state index is -0.600. The summed E-state index contributed by atoms with van der Waals surface area (Å²) in [4.78, 5) is 28.2. The van der Waals surface area contributed by atoms with Gasteiger partial charge in [0.15, 0.2) is 4.96 Å². The minimum absolute atomic E-state index is 0.0207. The van der Waals surface area contributed by atoms with Crippen LogP contribution < -0.4 is 14.8 Å². The number of nitrogens with one attached hydrogen (secondary N) is 1. The van der Waals surface area contributed by atoms with Crippen LogP contribution >= 0.6 is 11.3 Å². The van der Waals surface area contributed by atoms with Crippen molar-refractivity contribution in [3.05, 3.63) is 63.8 Å². The summed E-state index contributed by atoms with van der Waals surface area (Å²) in [6, 6.07) is 8.85. The summed E-state index contributed by atoms with van der Waals surface area (Å²) in [5.74, 6) is 0.606. The Morgan fingerprint density at radius 1 is 1.25 bits per heavy atom. The molecule has 0 unspecified atom stereocenters. The van der Waals surface area contributed by atoms with Crippen molar-refractivity contribution in [1.82, 2.24) is 9.38 Å². The summed E-state index contributed by atoms with van der Waals surface area (Å²) in [5.41, 5.74) is 1.82. The van der Waals surface area contributed by atoms with Crippen molar-refractivity contribution < 1.29 is 24.3 Å². The highest BCUT2D eigenvalue weighted by atomic mass is 32.1. The normalized spacial score (nSPS) is 10.8. The van der Waals surface area contributed by atoms with Gasteiger partial charge in [0.1, 0.15) is 17.2 Å². The van der Waals surface area contributed by atoms with Gasteiger partial charge in [0, 0.05) is 35.0 Å². The number of rotatable bonds is 7. The van der Waals surface area contributed by atoms with E-state index in [2.05, 4.69) is 10.3 Å². The SMILES string of the molecule is COc1ccc(OC)c(-c2cn3c(CC(=O)Nc4cc([N+](=O)[O-])ccc4O)csc3n2)c1. The van der Waals surface area contributed by atoms with Gasteiger partial charge in [0.2, 0.25) is 5.91 Å². The largest absolute Gasteiger partial charge is 0.506 e. The van der Waals surface area contributed by atoms with Crippen LogP contribution in [0.25, 0.3) is 16.2 Å². The van der Waals surface area contributed by atoms with E-state index >= 15 is 0 Å². The molecule has 32 heavy (non-hydrogen) atoms. The first kappa shape index (κ1) is 21.1. The molecule has 0 saturated heterocycles. The Morgan fingerprint density at radius 2 is 2.06 bits per heavy atom. The van der Waals surface area contributed by atoms with Crippen LogP contribution in [0.5, 0.6) is 17.2 Å². The van der Waals surface area contributed by atoms with E-state index in [9.17, 15) is 20.0 Å². The summed E-state index contributed by atoms with van der Waals surface area (Å²) in [5, 5.41) is 25.2. The van der Waals surface area contributed by atoms with Crippen molar-refractivity contribution in [2.75, 3.05) is 19.5 Å². The molecule has 0 atom stereocenters. The molecule has 0 aliphatic carbocycles. The van der Waals surface area contributed by atoms with E-state index in [0.717, 1.165) is 17.7 Å². The number of phenols is 1. The number of imidazole rings is 1. The molecular formula is C21H18N4O6S. The van der Waals surface area contributed by atoms with E-state index in [1.807, 2.05) is 11.4 Å². The molecule has 11 heteroatoms. The number of thiazole rings is 1. The lowest BCUT2D eigenvalue weighted by Gasteiger charge is -2.08. The first-order chi connectivity index (χ1) is 15.4. The molecule has 0 fully saturated rings. The number of nitro benzene ring substituents is 1. The van der Waals surface area contributed by atoms with Gasteiger partial charge >= 0.3 is 0 Å². The third-order valence-electron chi connectivity index (χ3n) is 4.77. The number of benzene rings is 2. The van der Waals surface area contributed by atoms with E-state index < -0.39 is 10.8 Å². The molecule has 4 aromatic rings. The van der Waals surface area contributed by atoms with E-state index in [0.29, 0.717) is 27.8 Å². The van der Waals surface area contributed by atoms with Crippen LogP contribution in [0.3, 0.4) is 0 Å². The van der Waals surface area contributed by atoms with E-state index in [-0.39, 0.29) is 23.5 Å². The number of methoxy groups -OCH3 is 2. The Hall–Kier alpha value is -4.12. The fourth-order valence-corrected chi connectivity index (χ4v) is 4.07. The van der Waals surface area contributed by atoms with E-state index in [1.54, 1.807) is 36.9 Å². The second kappa shape index (κ2) is 8.55. The standard InChI is InChI=1S/C21H18N4O6S/c1-30-14-4-6-19(31-2)15(9-14)17-10-24-13(11-32-21(24)23-17)8-20(27)22-16-7-12(25(28)29)3-5-18(16)26/h3-7,9-11,26H,8H2,1-2H3,(H,22,27). The predicted molar refractivity (Wildman–Crippen MR) is 119 cm³/mol. The van der Waals surface area contributed by atoms with Crippen LogP contribution in [-0.4, -0.2) is 39.5 Å². The highest BCUT2D eigenvalue weighted by Crippen LogP contribution is 2.34. The van der Waals surface area contributed by atoms with Gasteiger partial charge < -0.3 is 19.9 Å². The molecule has 0 radical (unpaired) electrons. The zero-order chi connectivity index (χ0) is 22.8. The lowest BCUT2D eigenvalue weighted by Crippen LogP contribution is -2.15. The maximum Gasteiger partial charge on any atom is 0.271 e. The van der Waals surface area contributed by atoms with Crippen molar-refractivity contribution in [3.8, 4) is 28.5 Å². The number of nitrogens with zero attached hydrogens (tertiary/aromatic N) is 3. The third kappa shape index (κ3) is 4.05. The fraction of sp³-hybridized carbons (Fsp3) is 0.143. The van der Waals surface area contributed by atoms with Gasteiger partial charge in [-0.05, 0) is 24.3 Å². The highest BCUT2D eigenvalue weighted by molar-refractivity contribution is 7.15. The summed E-state index contributed by atoms with van der Waals surface area (Å²) in [6.07, 6.45) is 1.78. The molecule has 2 heterocycles. The minimum Gasteiger partial charge on any atom is -0.506 e. The van der Waals surface area contributed by atoms with Crippen LogP contribution in [0.1, 0.15) is 5.69 Å². The number of ether oxygens (including phenoxy) is 2. The topological polar surface area (TPSA) is 128 Å². The number of hydrogen-bond acceptors (Lipinski definition) is 8. The number of nitro groups is 1. The number of non-ortho nitro benzene ring substituents is 1. The molecule has 2 aromatic heterocycles. The average Bonchev–Trinajstić information content (AvgIpc) is 3.36. The Balaban J connectivity index is 1.59. The number of carbonyl (C=O) groups excluding carboxylic acids is 1. The molecule has 2 N–H and O–H groups in total. The van der Waals surface area contributed by atoms with Gasteiger partial charge in [0.25, 0.3) is 5.69 Å². The summed E-state index contributed by atoms with van der Waals surface area (Å²) in [6.45, 7) is 0. The first-order valence-corrected chi connectivity index (χ1v) is 10.2. The number of fused-ring (bicyclic) bond motifs is 1. The number of carbonyl (C=O) groups is 1. The molecule has 0 aliphatic rings.